The molecule has 29 heavy (non-hydrogen) atoms. The lowest BCUT2D eigenvalue weighted by Crippen LogP contribution is -2.25. The van der Waals surface area contributed by atoms with Crippen molar-refractivity contribution in [2.24, 2.45) is 0 Å². The van der Waals surface area contributed by atoms with E-state index in [1.807, 2.05) is 0 Å². The van der Waals surface area contributed by atoms with Crippen molar-refractivity contribution in [1.29, 1.82) is 0 Å². The number of sulfonamides is 1. The highest BCUT2D eigenvalue weighted by molar-refractivity contribution is 7.93. The summed E-state index contributed by atoms with van der Waals surface area (Å²) in [6.07, 6.45) is 0.576. The van der Waals surface area contributed by atoms with Crippen LogP contribution in [0, 0.1) is 5.82 Å². The van der Waals surface area contributed by atoms with E-state index in [4.69, 9.17) is 4.74 Å². The smallest absolute Gasteiger partial charge is 0.266 e. The van der Waals surface area contributed by atoms with Crippen LogP contribution in [0.4, 0.5) is 15.8 Å². The average Bonchev–Trinajstić information content (AvgIpc) is 3.23. The van der Waals surface area contributed by atoms with Crippen molar-refractivity contribution in [3.8, 4) is 0 Å². The fourth-order valence-corrected chi connectivity index (χ4v) is 6.16. The van der Waals surface area contributed by atoms with Gasteiger partial charge in [0.2, 0.25) is 10.0 Å². The zero-order valence-corrected chi connectivity index (χ0v) is 17.3. The van der Waals surface area contributed by atoms with Crippen molar-refractivity contribution < 1.29 is 22.3 Å². The molecule has 1 aromatic heterocycles. The topological polar surface area (TPSA) is 75.7 Å². The fraction of sp³-hybridized carbons (Fsp3) is 0.250. The van der Waals surface area contributed by atoms with Crippen LogP contribution in [0.25, 0.3) is 10.1 Å². The third kappa shape index (κ3) is 3.73. The second kappa shape index (κ2) is 7.74. The Morgan fingerprint density at radius 2 is 2.07 bits per heavy atom. The summed E-state index contributed by atoms with van der Waals surface area (Å²) < 4.78 is 45.8. The van der Waals surface area contributed by atoms with Crippen LogP contribution < -0.4 is 9.62 Å². The number of fused-ring (bicyclic) bond motifs is 1. The maximum atomic E-state index is 14.3. The predicted molar refractivity (Wildman–Crippen MR) is 113 cm³/mol. The molecule has 2 aromatic carbocycles. The number of benzene rings is 2. The number of thiophene rings is 1. The van der Waals surface area contributed by atoms with Crippen molar-refractivity contribution in [3.05, 3.63) is 58.7 Å². The lowest BCUT2D eigenvalue weighted by molar-refractivity contribution is 0.102. The van der Waals surface area contributed by atoms with E-state index in [1.54, 1.807) is 36.4 Å². The Labute approximate surface area is 172 Å². The van der Waals surface area contributed by atoms with E-state index in [9.17, 15) is 17.6 Å². The summed E-state index contributed by atoms with van der Waals surface area (Å²) in [5, 5.41) is 3.19. The Kier molecular flexibility index (Phi) is 5.28. The molecule has 1 N–H and O–H groups in total. The van der Waals surface area contributed by atoms with Gasteiger partial charge >= 0.3 is 0 Å². The van der Waals surface area contributed by atoms with Crippen LogP contribution in [0.15, 0.2) is 42.5 Å². The molecule has 3 aromatic rings. The van der Waals surface area contributed by atoms with E-state index in [1.165, 1.54) is 28.8 Å². The number of hydrogen-bond acceptors (Lipinski definition) is 5. The predicted octanol–water partition coefficient (Wildman–Crippen LogP) is 3.98. The highest BCUT2D eigenvalue weighted by Crippen LogP contribution is 2.34. The average molecular weight is 435 g/mol. The van der Waals surface area contributed by atoms with Crippen molar-refractivity contribution in [2.45, 2.75) is 13.0 Å². The van der Waals surface area contributed by atoms with Gasteiger partial charge in [0.15, 0.2) is 0 Å². The minimum Gasteiger partial charge on any atom is -0.380 e. The molecule has 1 fully saturated rings. The number of ether oxygens (including phenoxy) is 1. The SMILES string of the molecule is COCc1c(C(=O)Nc2cccc(N3CCCS3(=O)=O)c2)sc2cccc(F)c12. The van der Waals surface area contributed by atoms with E-state index in [0.29, 0.717) is 44.9 Å². The number of nitrogens with one attached hydrogen (secondary N) is 1. The number of nitrogens with zero attached hydrogens (tertiary/aromatic N) is 1. The lowest BCUT2D eigenvalue weighted by atomic mass is 10.1. The molecule has 0 bridgehead atoms. The molecule has 0 unspecified atom stereocenters. The molecule has 0 radical (unpaired) electrons. The van der Waals surface area contributed by atoms with E-state index < -0.39 is 15.8 Å². The lowest BCUT2D eigenvalue weighted by Gasteiger charge is -2.17. The van der Waals surface area contributed by atoms with Gasteiger partial charge in [-0.15, -0.1) is 11.3 Å². The zero-order valence-electron chi connectivity index (χ0n) is 15.6. The molecule has 9 heteroatoms. The summed E-state index contributed by atoms with van der Waals surface area (Å²) in [7, 11) is -1.82. The van der Waals surface area contributed by atoms with Gasteiger partial charge in [-0.1, -0.05) is 12.1 Å². The van der Waals surface area contributed by atoms with E-state index in [-0.39, 0.29) is 18.3 Å². The van der Waals surface area contributed by atoms with Gasteiger partial charge in [-0.25, -0.2) is 12.8 Å². The third-order valence-electron chi connectivity index (χ3n) is 4.75. The molecule has 0 atom stereocenters. The Morgan fingerprint density at radius 3 is 2.79 bits per heavy atom. The van der Waals surface area contributed by atoms with Crippen molar-refractivity contribution in [3.63, 3.8) is 0 Å². The summed E-state index contributed by atoms with van der Waals surface area (Å²) in [4.78, 5) is 13.3. The molecule has 1 saturated heterocycles. The molecule has 0 aliphatic carbocycles. The van der Waals surface area contributed by atoms with Crippen molar-refractivity contribution in [1.82, 2.24) is 0 Å². The van der Waals surface area contributed by atoms with E-state index in [0.717, 1.165) is 0 Å². The molecular weight excluding hydrogens is 415 g/mol. The highest BCUT2D eigenvalue weighted by atomic mass is 32.2. The van der Waals surface area contributed by atoms with Crippen LogP contribution in [-0.2, 0) is 21.4 Å². The van der Waals surface area contributed by atoms with E-state index >= 15 is 0 Å². The normalized spacial score (nSPS) is 15.7. The number of carbonyl (C=O) groups is 1. The molecule has 6 nitrogen and oxygen atoms in total. The molecular formula is C20H19FN2O4S2. The first kappa shape index (κ1) is 19.8. The number of anilines is 2. The summed E-state index contributed by atoms with van der Waals surface area (Å²) >= 11 is 1.20. The molecule has 152 valence electrons. The number of rotatable bonds is 5. The largest absolute Gasteiger partial charge is 0.380 e. The minimum absolute atomic E-state index is 0.107. The number of hydrogen-bond donors (Lipinski definition) is 1. The van der Waals surface area contributed by atoms with Crippen LogP contribution in [0.1, 0.15) is 21.7 Å². The van der Waals surface area contributed by atoms with Gasteiger partial charge in [-0.3, -0.25) is 9.10 Å². The van der Waals surface area contributed by atoms with Gasteiger partial charge in [0.25, 0.3) is 5.91 Å². The van der Waals surface area contributed by atoms with Gasteiger partial charge in [0.1, 0.15) is 5.82 Å². The van der Waals surface area contributed by atoms with Crippen LogP contribution in [0.2, 0.25) is 0 Å². The van der Waals surface area contributed by atoms with Crippen LogP contribution in [-0.4, -0.2) is 33.7 Å². The van der Waals surface area contributed by atoms with Crippen LogP contribution in [0.5, 0.6) is 0 Å². The van der Waals surface area contributed by atoms with Crippen molar-refractivity contribution in [2.75, 3.05) is 29.0 Å². The van der Waals surface area contributed by atoms with Crippen LogP contribution in [0.3, 0.4) is 0 Å². The Morgan fingerprint density at radius 1 is 1.28 bits per heavy atom. The number of methoxy groups -OCH3 is 1. The zero-order chi connectivity index (χ0) is 20.6. The maximum absolute atomic E-state index is 14.3. The first-order valence-electron chi connectivity index (χ1n) is 9.01. The summed E-state index contributed by atoms with van der Waals surface area (Å²) in [5.41, 5.74) is 1.48. The molecule has 4 rings (SSSR count). The Hall–Kier alpha value is -2.49. The quantitative estimate of drug-likeness (QED) is 0.659. The summed E-state index contributed by atoms with van der Waals surface area (Å²) in [6, 6.07) is 11.4. The second-order valence-electron chi connectivity index (χ2n) is 6.70. The second-order valence-corrected chi connectivity index (χ2v) is 9.77. The number of carbonyl (C=O) groups excluding carboxylic acids is 1. The molecule has 0 spiro atoms. The van der Waals surface area contributed by atoms with Crippen LogP contribution >= 0.6 is 11.3 Å². The molecule has 1 amide bonds. The number of amides is 1. The van der Waals surface area contributed by atoms with Gasteiger partial charge in [0, 0.05) is 35.0 Å². The molecule has 2 heterocycles. The highest BCUT2D eigenvalue weighted by Gasteiger charge is 2.28. The van der Waals surface area contributed by atoms with Crippen molar-refractivity contribution >= 4 is 48.7 Å². The fourth-order valence-electron chi connectivity index (χ4n) is 3.49. The van der Waals surface area contributed by atoms with Gasteiger partial charge in [-0.05, 0) is 36.8 Å². The van der Waals surface area contributed by atoms with Gasteiger partial charge < -0.3 is 10.1 Å². The standard InChI is InChI=1S/C20H19FN2O4S2/c1-27-12-15-18-16(21)7-3-8-17(18)28-19(15)20(24)22-13-5-2-6-14(11-13)23-9-4-10-29(23,25)26/h2-3,5-8,11H,4,9-10,12H2,1H3,(H,22,24). The summed E-state index contributed by atoms with van der Waals surface area (Å²) in [6.45, 7) is 0.531. The third-order valence-corrected chi connectivity index (χ3v) is 7.82. The Bertz CT molecular complexity index is 1190. The monoisotopic (exact) mass is 434 g/mol. The molecule has 0 saturated carbocycles. The van der Waals surface area contributed by atoms with E-state index in [2.05, 4.69) is 5.32 Å². The number of halogens is 1. The molecule has 1 aliphatic heterocycles. The van der Waals surface area contributed by atoms with Gasteiger partial charge in [0.05, 0.1) is 22.9 Å². The summed E-state index contributed by atoms with van der Waals surface area (Å²) in [5.74, 6) is -0.665. The first-order valence-corrected chi connectivity index (χ1v) is 11.4. The van der Waals surface area contributed by atoms with Gasteiger partial charge in [-0.2, -0.15) is 0 Å². The maximum Gasteiger partial charge on any atom is 0.266 e. The minimum atomic E-state index is -3.31. The Balaban J connectivity index is 1.66. The molecule has 1 aliphatic rings. The first-order chi connectivity index (χ1) is 13.9.